The quantitative estimate of drug-likeness (QED) is 0.690. The minimum absolute atomic E-state index is 0.234. The molecule has 0 radical (unpaired) electrons. The standard InChI is InChI=1S/C10H15N3O3/c1-2-3-5-11-10(16)8-4-6-13(12-8)7-9(14)15/h4,6H,2-3,5,7H2,1H3,(H,11,16)(H,14,15). The molecule has 0 unspecified atom stereocenters. The van der Waals surface area contributed by atoms with E-state index >= 15 is 0 Å². The highest BCUT2D eigenvalue weighted by atomic mass is 16.4. The van der Waals surface area contributed by atoms with Gasteiger partial charge in [0.25, 0.3) is 5.91 Å². The lowest BCUT2D eigenvalue weighted by Gasteiger charge is -2.00. The highest BCUT2D eigenvalue weighted by Crippen LogP contribution is 1.96. The van der Waals surface area contributed by atoms with Crippen LogP contribution in [0, 0.1) is 0 Å². The fourth-order valence-corrected chi connectivity index (χ4v) is 1.18. The minimum atomic E-state index is -0.985. The Morgan fingerprint density at radius 2 is 2.31 bits per heavy atom. The molecule has 0 atom stereocenters. The molecule has 0 saturated heterocycles. The third-order valence-electron chi connectivity index (χ3n) is 1.99. The molecule has 0 saturated carbocycles. The van der Waals surface area contributed by atoms with Crippen molar-refractivity contribution in [3.05, 3.63) is 18.0 Å². The van der Waals surface area contributed by atoms with Crippen LogP contribution in [0.3, 0.4) is 0 Å². The van der Waals surface area contributed by atoms with Crippen LogP contribution < -0.4 is 5.32 Å². The number of carbonyl (C=O) groups is 2. The molecule has 0 aliphatic heterocycles. The van der Waals surface area contributed by atoms with Crippen molar-refractivity contribution < 1.29 is 14.7 Å². The molecular weight excluding hydrogens is 210 g/mol. The monoisotopic (exact) mass is 225 g/mol. The molecule has 1 aromatic rings. The molecule has 1 heterocycles. The van der Waals surface area contributed by atoms with Crippen LogP contribution in [-0.4, -0.2) is 33.3 Å². The van der Waals surface area contributed by atoms with E-state index in [2.05, 4.69) is 10.4 Å². The number of nitrogens with one attached hydrogen (secondary N) is 1. The molecule has 0 aliphatic rings. The lowest BCUT2D eigenvalue weighted by atomic mass is 10.3. The topological polar surface area (TPSA) is 84.2 Å². The van der Waals surface area contributed by atoms with Gasteiger partial charge < -0.3 is 10.4 Å². The summed E-state index contributed by atoms with van der Waals surface area (Å²) in [6.45, 7) is 2.41. The molecular formula is C10H15N3O3. The first kappa shape index (κ1) is 12.2. The normalized spacial score (nSPS) is 10.1. The predicted molar refractivity (Wildman–Crippen MR) is 57.1 cm³/mol. The second kappa shape index (κ2) is 5.89. The number of nitrogens with zero attached hydrogens (tertiary/aromatic N) is 2. The van der Waals surface area contributed by atoms with Crippen molar-refractivity contribution in [3.8, 4) is 0 Å². The third kappa shape index (κ3) is 3.72. The zero-order valence-electron chi connectivity index (χ0n) is 9.14. The van der Waals surface area contributed by atoms with Crippen LogP contribution in [0.1, 0.15) is 30.3 Å². The summed E-state index contributed by atoms with van der Waals surface area (Å²) in [6, 6.07) is 1.50. The van der Waals surface area contributed by atoms with Gasteiger partial charge >= 0.3 is 5.97 Å². The second-order valence-electron chi connectivity index (χ2n) is 3.40. The van der Waals surface area contributed by atoms with Crippen LogP contribution in [0.2, 0.25) is 0 Å². The third-order valence-corrected chi connectivity index (χ3v) is 1.99. The number of unbranched alkanes of at least 4 members (excludes halogenated alkanes) is 1. The first-order valence-corrected chi connectivity index (χ1v) is 5.17. The maximum absolute atomic E-state index is 11.5. The van der Waals surface area contributed by atoms with Crippen molar-refractivity contribution >= 4 is 11.9 Å². The van der Waals surface area contributed by atoms with E-state index in [1.165, 1.54) is 16.9 Å². The number of hydrogen-bond donors (Lipinski definition) is 2. The number of carboxylic acid groups (broad SMARTS) is 1. The van der Waals surface area contributed by atoms with Gasteiger partial charge in [-0.1, -0.05) is 13.3 Å². The summed E-state index contributed by atoms with van der Waals surface area (Å²) >= 11 is 0. The Balaban J connectivity index is 2.49. The molecule has 88 valence electrons. The molecule has 2 N–H and O–H groups in total. The Labute approximate surface area is 93.3 Å². The number of aliphatic carboxylic acids is 1. The lowest BCUT2D eigenvalue weighted by Crippen LogP contribution is -2.25. The van der Waals surface area contributed by atoms with E-state index in [1.54, 1.807) is 0 Å². The van der Waals surface area contributed by atoms with Gasteiger partial charge in [-0.2, -0.15) is 5.10 Å². The van der Waals surface area contributed by atoms with Crippen LogP contribution in [0.25, 0.3) is 0 Å². The fraction of sp³-hybridized carbons (Fsp3) is 0.500. The highest BCUT2D eigenvalue weighted by molar-refractivity contribution is 5.92. The van der Waals surface area contributed by atoms with E-state index in [0.717, 1.165) is 12.8 Å². The lowest BCUT2D eigenvalue weighted by molar-refractivity contribution is -0.137. The summed E-state index contributed by atoms with van der Waals surface area (Å²) in [6.07, 6.45) is 3.40. The Hall–Kier alpha value is -1.85. The highest BCUT2D eigenvalue weighted by Gasteiger charge is 2.09. The van der Waals surface area contributed by atoms with Gasteiger partial charge in [0.15, 0.2) is 0 Å². The van der Waals surface area contributed by atoms with E-state index < -0.39 is 5.97 Å². The van der Waals surface area contributed by atoms with Gasteiger partial charge in [0.2, 0.25) is 0 Å². The summed E-state index contributed by atoms with van der Waals surface area (Å²) in [7, 11) is 0. The SMILES string of the molecule is CCCCNC(=O)c1ccn(CC(=O)O)n1. The molecule has 1 amide bonds. The van der Waals surface area contributed by atoms with E-state index in [9.17, 15) is 9.59 Å². The Kier molecular flexibility index (Phi) is 4.50. The number of rotatable bonds is 6. The van der Waals surface area contributed by atoms with Crippen LogP contribution in [0.15, 0.2) is 12.3 Å². The molecule has 16 heavy (non-hydrogen) atoms. The largest absolute Gasteiger partial charge is 0.480 e. The Bertz CT molecular complexity index is 373. The first-order chi connectivity index (χ1) is 7.63. The number of carbonyl (C=O) groups excluding carboxylic acids is 1. The maximum atomic E-state index is 11.5. The second-order valence-corrected chi connectivity index (χ2v) is 3.40. The van der Waals surface area contributed by atoms with E-state index in [1.807, 2.05) is 6.92 Å². The van der Waals surface area contributed by atoms with Gasteiger partial charge in [-0.25, -0.2) is 0 Å². The Morgan fingerprint density at radius 1 is 1.56 bits per heavy atom. The number of amides is 1. The number of aromatic nitrogens is 2. The van der Waals surface area contributed by atoms with Crippen LogP contribution in [0.4, 0.5) is 0 Å². The van der Waals surface area contributed by atoms with Crippen LogP contribution in [-0.2, 0) is 11.3 Å². The van der Waals surface area contributed by atoms with E-state index in [0.29, 0.717) is 6.54 Å². The van der Waals surface area contributed by atoms with Crippen LogP contribution >= 0.6 is 0 Å². The number of hydrogen-bond acceptors (Lipinski definition) is 3. The van der Waals surface area contributed by atoms with E-state index in [-0.39, 0.29) is 18.1 Å². The van der Waals surface area contributed by atoms with Gasteiger partial charge in [0, 0.05) is 12.7 Å². The molecule has 0 aromatic carbocycles. The van der Waals surface area contributed by atoms with Gasteiger partial charge in [0.05, 0.1) is 0 Å². The average molecular weight is 225 g/mol. The summed E-state index contributed by atoms with van der Waals surface area (Å²) in [4.78, 5) is 21.9. The summed E-state index contributed by atoms with van der Waals surface area (Å²) in [5.74, 6) is -1.25. The molecule has 0 bridgehead atoms. The van der Waals surface area contributed by atoms with Crippen molar-refractivity contribution in [2.75, 3.05) is 6.54 Å². The zero-order valence-corrected chi connectivity index (χ0v) is 9.14. The minimum Gasteiger partial charge on any atom is -0.480 e. The zero-order chi connectivity index (χ0) is 12.0. The van der Waals surface area contributed by atoms with Crippen molar-refractivity contribution in [2.24, 2.45) is 0 Å². The van der Waals surface area contributed by atoms with Gasteiger partial charge in [-0.15, -0.1) is 0 Å². The smallest absolute Gasteiger partial charge is 0.325 e. The molecule has 1 aromatic heterocycles. The van der Waals surface area contributed by atoms with Crippen molar-refractivity contribution in [2.45, 2.75) is 26.3 Å². The summed E-state index contributed by atoms with van der Waals surface area (Å²) in [5, 5.41) is 15.1. The predicted octanol–water partition coefficient (Wildman–Crippen LogP) is 0.498. The maximum Gasteiger partial charge on any atom is 0.325 e. The van der Waals surface area contributed by atoms with Gasteiger partial charge in [-0.05, 0) is 12.5 Å². The molecule has 0 aliphatic carbocycles. The van der Waals surface area contributed by atoms with Gasteiger partial charge in [-0.3, -0.25) is 14.3 Å². The van der Waals surface area contributed by atoms with Crippen molar-refractivity contribution in [3.63, 3.8) is 0 Å². The molecule has 0 fully saturated rings. The molecule has 1 rings (SSSR count). The molecule has 6 heteroatoms. The fourth-order valence-electron chi connectivity index (χ4n) is 1.18. The summed E-state index contributed by atoms with van der Waals surface area (Å²) in [5.41, 5.74) is 0.248. The first-order valence-electron chi connectivity index (χ1n) is 5.17. The van der Waals surface area contributed by atoms with E-state index in [4.69, 9.17) is 5.11 Å². The van der Waals surface area contributed by atoms with Crippen LogP contribution in [0.5, 0.6) is 0 Å². The molecule has 0 spiro atoms. The molecule has 6 nitrogen and oxygen atoms in total. The summed E-state index contributed by atoms with van der Waals surface area (Å²) < 4.78 is 1.22. The van der Waals surface area contributed by atoms with Crippen molar-refractivity contribution in [1.29, 1.82) is 0 Å². The van der Waals surface area contributed by atoms with Gasteiger partial charge in [0.1, 0.15) is 12.2 Å². The Morgan fingerprint density at radius 3 is 2.94 bits per heavy atom. The average Bonchev–Trinajstić information content (AvgIpc) is 2.65. The van der Waals surface area contributed by atoms with Crippen molar-refractivity contribution in [1.82, 2.24) is 15.1 Å². The number of carboxylic acids is 1.